The molecule has 14 heavy (non-hydrogen) atoms. The van der Waals surface area contributed by atoms with Gasteiger partial charge in [0.15, 0.2) is 0 Å². The van der Waals surface area contributed by atoms with E-state index < -0.39 is 0 Å². The van der Waals surface area contributed by atoms with Gasteiger partial charge in [0.2, 0.25) is 0 Å². The molecule has 0 amide bonds. The highest BCUT2D eigenvalue weighted by molar-refractivity contribution is 5.10. The largest absolute Gasteiger partial charge is 0.378 e. The molecule has 0 bridgehead atoms. The standard InChI is InChI=1S/C11H18N2O/c1-2-4-13-5-3-10(7-13)6-12-11-8-14-9-11/h3,5,7,11-12H,2,4,6,8-9H2,1H3. The maximum Gasteiger partial charge on any atom is 0.0643 e. The van der Waals surface area contributed by atoms with Gasteiger partial charge in [-0.25, -0.2) is 0 Å². The van der Waals surface area contributed by atoms with E-state index in [-0.39, 0.29) is 0 Å². The highest BCUT2D eigenvalue weighted by atomic mass is 16.5. The summed E-state index contributed by atoms with van der Waals surface area (Å²) in [6.45, 7) is 6.02. The molecule has 1 saturated heterocycles. The summed E-state index contributed by atoms with van der Waals surface area (Å²) < 4.78 is 7.34. The Morgan fingerprint density at radius 1 is 1.57 bits per heavy atom. The van der Waals surface area contributed by atoms with E-state index in [1.807, 2.05) is 0 Å². The first-order valence-corrected chi connectivity index (χ1v) is 5.34. The third-order valence-electron chi connectivity index (χ3n) is 2.53. The minimum absolute atomic E-state index is 0.574. The van der Waals surface area contributed by atoms with Crippen molar-refractivity contribution in [3.05, 3.63) is 24.0 Å². The van der Waals surface area contributed by atoms with Crippen LogP contribution in [0.5, 0.6) is 0 Å². The smallest absolute Gasteiger partial charge is 0.0643 e. The van der Waals surface area contributed by atoms with Crippen LogP contribution in [0.25, 0.3) is 0 Å². The van der Waals surface area contributed by atoms with Crippen molar-refractivity contribution >= 4 is 0 Å². The van der Waals surface area contributed by atoms with Crippen molar-refractivity contribution in [3.63, 3.8) is 0 Å². The number of nitrogens with zero attached hydrogens (tertiary/aromatic N) is 1. The first-order valence-electron chi connectivity index (χ1n) is 5.34. The van der Waals surface area contributed by atoms with Gasteiger partial charge >= 0.3 is 0 Å². The van der Waals surface area contributed by atoms with Gasteiger partial charge in [-0.05, 0) is 18.1 Å². The fraction of sp³-hybridized carbons (Fsp3) is 0.636. The Labute approximate surface area is 85.1 Å². The van der Waals surface area contributed by atoms with Crippen LogP contribution in [-0.4, -0.2) is 23.8 Å². The second kappa shape index (κ2) is 4.62. The molecular formula is C11H18N2O. The molecule has 0 spiro atoms. The maximum absolute atomic E-state index is 5.10. The molecule has 1 aliphatic rings. The van der Waals surface area contributed by atoms with Gasteiger partial charge in [0, 0.05) is 25.5 Å². The van der Waals surface area contributed by atoms with Crippen molar-refractivity contribution in [2.24, 2.45) is 0 Å². The number of hydrogen-bond acceptors (Lipinski definition) is 2. The summed E-state index contributed by atoms with van der Waals surface area (Å²) in [6.07, 6.45) is 5.56. The van der Waals surface area contributed by atoms with Crippen LogP contribution < -0.4 is 5.32 Å². The zero-order chi connectivity index (χ0) is 9.80. The molecule has 0 atom stereocenters. The van der Waals surface area contributed by atoms with Crippen LogP contribution in [0.4, 0.5) is 0 Å². The van der Waals surface area contributed by atoms with Crippen LogP contribution in [0.1, 0.15) is 18.9 Å². The summed E-state index contributed by atoms with van der Waals surface area (Å²) >= 11 is 0. The lowest BCUT2D eigenvalue weighted by Gasteiger charge is -2.26. The summed E-state index contributed by atoms with van der Waals surface area (Å²) in [5, 5.41) is 3.45. The zero-order valence-electron chi connectivity index (χ0n) is 8.70. The second-order valence-corrected chi connectivity index (χ2v) is 3.87. The lowest BCUT2D eigenvalue weighted by Crippen LogP contribution is -2.45. The SMILES string of the molecule is CCCn1ccc(CNC2COC2)c1. The van der Waals surface area contributed by atoms with Crippen LogP contribution >= 0.6 is 0 Å². The molecule has 78 valence electrons. The van der Waals surface area contributed by atoms with Gasteiger partial charge in [-0.3, -0.25) is 0 Å². The van der Waals surface area contributed by atoms with Gasteiger partial charge in [-0.15, -0.1) is 0 Å². The molecule has 0 saturated carbocycles. The maximum atomic E-state index is 5.10. The Morgan fingerprint density at radius 3 is 3.07 bits per heavy atom. The summed E-state index contributed by atoms with van der Waals surface area (Å²) in [5.41, 5.74) is 1.37. The Balaban J connectivity index is 1.77. The average Bonchev–Trinajstić information content (AvgIpc) is 2.51. The van der Waals surface area contributed by atoms with Crippen molar-refractivity contribution in [2.45, 2.75) is 32.5 Å². The summed E-state index contributed by atoms with van der Waals surface area (Å²) in [6, 6.07) is 2.76. The molecule has 1 aromatic rings. The van der Waals surface area contributed by atoms with E-state index in [1.165, 1.54) is 12.0 Å². The van der Waals surface area contributed by atoms with Gasteiger partial charge in [0.1, 0.15) is 0 Å². The van der Waals surface area contributed by atoms with Crippen molar-refractivity contribution < 1.29 is 4.74 Å². The number of ether oxygens (including phenoxy) is 1. The van der Waals surface area contributed by atoms with Crippen LogP contribution in [0.15, 0.2) is 18.5 Å². The molecular weight excluding hydrogens is 176 g/mol. The summed E-state index contributed by atoms with van der Waals surface area (Å²) in [5.74, 6) is 0. The molecule has 1 aromatic heterocycles. The molecule has 3 heteroatoms. The minimum Gasteiger partial charge on any atom is -0.378 e. The lowest BCUT2D eigenvalue weighted by atomic mass is 10.2. The molecule has 2 heterocycles. The highest BCUT2D eigenvalue weighted by Crippen LogP contribution is 2.05. The average molecular weight is 194 g/mol. The lowest BCUT2D eigenvalue weighted by molar-refractivity contribution is -0.00578. The monoisotopic (exact) mass is 194 g/mol. The quantitative estimate of drug-likeness (QED) is 0.766. The number of rotatable bonds is 5. The molecule has 2 rings (SSSR count). The van der Waals surface area contributed by atoms with Crippen molar-refractivity contribution in [2.75, 3.05) is 13.2 Å². The molecule has 1 aliphatic heterocycles. The van der Waals surface area contributed by atoms with Crippen molar-refractivity contribution in [1.82, 2.24) is 9.88 Å². The molecule has 1 N–H and O–H groups in total. The molecule has 0 aliphatic carbocycles. The van der Waals surface area contributed by atoms with Crippen LogP contribution in [0, 0.1) is 0 Å². The van der Waals surface area contributed by atoms with E-state index in [0.717, 1.165) is 26.3 Å². The Bertz CT molecular complexity index is 279. The number of hydrogen-bond donors (Lipinski definition) is 1. The summed E-state index contributed by atoms with van der Waals surface area (Å²) in [7, 11) is 0. The van der Waals surface area contributed by atoms with Crippen LogP contribution in [0.3, 0.4) is 0 Å². The normalized spacial score (nSPS) is 16.9. The molecule has 0 unspecified atom stereocenters. The predicted molar refractivity (Wildman–Crippen MR) is 56.2 cm³/mol. The fourth-order valence-corrected chi connectivity index (χ4v) is 1.61. The van der Waals surface area contributed by atoms with Gasteiger partial charge in [-0.2, -0.15) is 0 Å². The van der Waals surface area contributed by atoms with Crippen molar-refractivity contribution in [3.8, 4) is 0 Å². The van der Waals surface area contributed by atoms with E-state index in [9.17, 15) is 0 Å². The number of nitrogens with one attached hydrogen (secondary N) is 1. The van der Waals surface area contributed by atoms with Gasteiger partial charge in [-0.1, -0.05) is 6.92 Å². The topological polar surface area (TPSA) is 26.2 Å². The Kier molecular flexibility index (Phi) is 3.22. The number of aryl methyl sites for hydroxylation is 1. The minimum atomic E-state index is 0.574. The van der Waals surface area contributed by atoms with E-state index >= 15 is 0 Å². The van der Waals surface area contributed by atoms with Crippen LogP contribution in [0.2, 0.25) is 0 Å². The van der Waals surface area contributed by atoms with Gasteiger partial charge in [0.05, 0.1) is 19.3 Å². The first kappa shape index (κ1) is 9.74. The predicted octanol–water partition coefficient (Wildman–Crippen LogP) is 1.39. The number of aromatic nitrogens is 1. The van der Waals surface area contributed by atoms with E-state index in [0.29, 0.717) is 6.04 Å². The third kappa shape index (κ3) is 2.36. The van der Waals surface area contributed by atoms with Crippen molar-refractivity contribution in [1.29, 1.82) is 0 Å². The first-order chi connectivity index (χ1) is 6.88. The third-order valence-corrected chi connectivity index (χ3v) is 2.53. The Hall–Kier alpha value is -0.800. The second-order valence-electron chi connectivity index (χ2n) is 3.87. The van der Waals surface area contributed by atoms with Gasteiger partial charge < -0.3 is 14.6 Å². The van der Waals surface area contributed by atoms with E-state index in [4.69, 9.17) is 4.74 Å². The molecule has 0 aromatic carbocycles. The van der Waals surface area contributed by atoms with E-state index in [1.54, 1.807) is 0 Å². The summed E-state index contributed by atoms with van der Waals surface area (Å²) in [4.78, 5) is 0. The van der Waals surface area contributed by atoms with Crippen LogP contribution in [-0.2, 0) is 17.8 Å². The molecule has 3 nitrogen and oxygen atoms in total. The molecule has 0 radical (unpaired) electrons. The zero-order valence-corrected chi connectivity index (χ0v) is 8.70. The Morgan fingerprint density at radius 2 is 2.43 bits per heavy atom. The molecule has 1 fully saturated rings. The van der Waals surface area contributed by atoms with Gasteiger partial charge in [0.25, 0.3) is 0 Å². The highest BCUT2D eigenvalue weighted by Gasteiger charge is 2.16. The fourth-order valence-electron chi connectivity index (χ4n) is 1.61. The van der Waals surface area contributed by atoms with E-state index in [2.05, 4.69) is 35.3 Å².